The third-order valence-electron chi connectivity index (χ3n) is 13.6. The van der Waals surface area contributed by atoms with Gasteiger partial charge in [-0.25, -0.2) is 0 Å². The Hall–Kier alpha value is -9.18. The molecule has 0 spiro atoms. The Balaban J connectivity index is 1.37. The van der Waals surface area contributed by atoms with Gasteiger partial charge in [-0.3, -0.25) is 0 Å². The predicted molar refractivity (Wildman–Crippen MR) is 327 cm³/mol. The van der Waals surface area contributed by atoms with Gasteiger partial charge in [0.2, 0.25) is 0 Å². The summed E-state index contributed by atoms with van der Waals surface area (Å²) >= 11 is 0. The minimum absolute atomic E-state index is 0.970. The molecular formula is C72H65N3. The Kier molecular flexibility index (Phi) is 16.6. The van der Waals surface area contributed by atoms with E-state index in [-0.39, 0.29) is 0 Å². The summed E-state index contributed by atoms with van der Waals surface area (Å²) in [6.45, 7) is 16.3. The Morgan fingerprint density at radius 2 is 0.880 bits per heavy atom. The molecule has 1 aliphatic rings. The fourth-order valence-corrected chi connectivity index (χ4v) is 10.2. The molecule has 0 saturated carbocycles. The fraction of sp³-hybridized carbons (Fsp3) is 0.0833. The van der Waals surface area contributed by atoms with Crippen LogP contribution in [0.5, 0.6) is 0 Å². The van der Waals surface area contributed by atoms with Crippen LogP contribution in [0.25, 0.3) is 55.3 Å². The molecule has 0 radical (unpaired) electrons. The zero-order valence-corrected chi connectivity index (χ0v) is 43.7. The van der Waals surface area contributed by atoms with E-state index < -0.39 is 0 Å². The third-order valence-corrected chi connectivity index (χ3v) is 13.6. The second-order valence-corrected chi connectivity index (χ2v) is 18.5. The van der Waals surface area contributed by atoms with Gasteiger partial charge in [0.1, 0.15) is 0 Å². The maximum atomic E-state index is 3.89. The van der Waals surface area contributed by atoms with Crippen LogP contribution < -0.4 is 14.7 Å². The molecule has 8 aromatic carbocycles. The van der Waals surface area contributed by atoms with E-state index >= 15 is 0 Å². The highest BCUT2D eigenvalue weighted by molar-refractivity contribution is 6.19. The van der Waals surface area contributed by atoms with E-state index in [1.807, 2.05) is 24.3 Å². The smallest absolute Gasteiger partial charge is 0.0468 e. The second-order valence-electron chi connectivity index (χ2n) is 18.5. The highest BCUT2D eigenvalue weighted by Gasteiger charge is 2.26. The Morgan fingerprint density at radius 3 is 1.36 bits per heavy atom. The van der Waals surface area contributed by atoms with Crippen molar-refractivity contribution in [1.82, 2.24) is 0 Å². The molecule has 1 aliphatic carbocycles. The molecule has 0 bridgehead atoms. The number of nitrogens with zero attached hydrogens (tertiary/aromatic N) is 3. The van der Waals surface area contributed by atoms with Crippen LogP contribution in [0.1, 0.15) is 40.5 Å². The van der Waals surface area contributed by atoms with E-state index in [9.17, 15) is 0 Å². The lowest BCUT2D eigenvalue weighted by Gasteiger charge is -2.30. The van der Waals surface area contributed by atoms with Crippen molar-refractivity contribution in [2.75, 3.05) is 14.7 Å². The van der Waals surface area contributed by atoms with Crippen LogP contribution in [0.15, 0.2) is 309 Å². The van der Waals surface area contributed by atoms with Crippen molar-refractivity contribution in [3.8, 4) is 44.5 Å². The first-order valence-corrected chi connectivity index (χ1v) is 25.9. The van der Waals surface area contributed by atoms with Crippen LogP contribution >= 0.6 is 0 Å². The molecule has 0 unspecified atom stereocenters. The van der Waals surface area contributed by atoms with E-state index in [0.29, 0.717) is 0 Å². The second kappa shape index (κ2) is 24.5. The number of anilines is 5. The van der Waals surface area contributed by atoms with Crippen LogP contribution in [-0.4, -0.2) is 0 Å². The van der Waals surface area contributed by atoms with Gasteiger partial charge >= 0.3 is 0 Å². The molecular weight excluding hydrogens is 907 g/mol. The number of allylic oxidation sites excluding steroid dienone is 18. The van der Waals surface area contributed by atoms with Gasteiger partial charge < -0.3 is 14.7 Å². The van der Waals surface area contributed by atoms with E-state index in [4.69, 9.17) is 0 Å². The Morgan fingerprint density at radius 1 is 0.427 bits per heavy atom. The lowest BCUT2D eigenvalue weighted by molar-refractivity contribution is 0.892. The molecule has 9 rings (SSSR count). The zero-order valence-electron chi connectivity index (χ0n) is 43.7. The topological polar surface area (TPSA) is 9.72 Å². The fourth-order valence-electron chi connectivity index (χ4n) is 10.2. The van der Waals surface area contributed by atoms with Crippen LogP contribution in [0, 0.1) is 0 Å². The van der Waals surface area contributed by atoms with E-state index in [0.717, 1.165) is 85.7 Å². The molecule has 0 atom stereocenters. The third kappa shape index (κ3) is 11.4. The molecule has 0 N–H and O–H groups in total. The monoisotopic (exact) mass is 972 g/mol. The average molecular weight is 972 g/mol. The van der Waals surface area contributed by atoms with E-state index in [1.165, 1.54) is 33.6 Å². The molecule has 8 aromatic rings. The summed E-state index contributed by atoms with van der Waals surface area (Å²) in [5, 5.41) is 2.31. The lowest BCUT2D eigenvalue weighted by Crippen LogP contribution is -2.21. The SMILES string of the molecule is C=C/C=C\C=C(/C)N(/C(C)=C/C=C\C=C)c1ccc(-c2c(-c3ccccc3)c(-c3ccccc3)c(-c3ccc(N(C4=CC=CCC4)/C(C)=C/C=C\C)cc3)c3cc(N(c4ccccc4)c4ccccc4)ccc23)cc1. The van der Waals surface area contributed by atoms with Crippen molar-refractivity contribution in [3.05, 3.63) is 309 Å². The molecule has 0 aromatic heterocycles. The minimum atomic E-state index is 0.970. The number of hydrogen-bond donors (Lipinski definition) is 0. The van der Waals surface area contributed by atoms with Crippen molar-refractivity contribution in [2.24, 2.45) is 0 Å². The normalized spacial score (nSPS) is 13.2. The molecule has 0 amide bonds. The van der Waals surface area contributed by atoms with Crippen LogP contribution in [0.2, 0.25) is 0 Å². The van der Waals surface area contributed by atoms with E-state index in [2.05, 4.69) is 292 Å². The van der Waals surface area contributed by atoms with Crippen molar-refractivity contribution in [3.63, 3.8) is 0 Å². The Labute approximate surface area is 445 Å². The number of para-hydroxylation sites is 2. The first-order valence-electron chi connectivity index (χ1n) is 25.9. The molecule has 0 saturated heterocycles. The van der Waals surface area contributed by atoms with Gasteiger partial charge in [0.25, 0.3) is 0 Å². The average Bonchev–Trinajstić information content (AvgIpc) is 3.47. The van der Waals surface area contributed by atoms with Gasteiger partial charge in [0.05, 0.1) is 0 Å². The Bertz CT molecular complexity index is 3440. The largest absolute Gasteiger partial charge is 0.319 e. The number of rotatable bonds is 18. The maximum Gasteiger partial charge on any atom is 0.0468 e. The molecule has 0 heterocycles. The van der Waals surface area contributed by atoms with Crippen LogP contribution in [0.3, 0.4) is 0 Å². The number of benzene rings is 8. The van der Waals surface area contributed by atoms with Gasteiger partial charge in [-0.15, -0.1) is 0 Å². The van der Waals surface area contributed by atoms with Gasteiger partial charge in [0, 0.05) is 51.2 Å². The van der Waals surface area contributed by atoms with Crippen molar-refractivity contribution >= 4 is 39.2 Å². The van der Waals surface area contributed by atoms with Gasteiger partial charge in [-0.05, 0) is 181 Å². The summed E-state index contributed by atoms with van der Waals surface area (Å²) in [5.41, 5.74) is 19.2. The minimum Gasteiger partial charge on any atom is -0.319 e. The summed E-state index contributed by atoms with van der Waals surface area (Å²) in [4.78, 5) is 7.07. The van der Waals surface area contributed by atoms with Crippen molar-refractivity contribution < 1.29 is 0 Å². The highest BCUT2D eigenvalue weighted by atomic mass is 15.2. The zero-order chi connectivity index (χ0) is 51.9. The highest BCUT2D eigenvalue weighted by Crippen LogP contribution is 2.52. The summed E-state index contributed by atoms with van der Waals surface area (Å²) in [5.74, 6) is 0. The van der Waals surface area contributed by atoms with Gasteiger partial charge in [-0.1, -0.05) is 201 Å². The predicted octanol–water partition coefficient (Wildman–Crippen LogP) is 20.6. The standard InChI is InChI=1S/C72H65N3/c1-7-10-18-31-54(4)73(55(5)32-19-11-8-2)64-47-43-59(44-48-64)69-67-52-51-66(75(62-39-26-16-27-40-62)63-41-28-17-29-42-63)53-68(67)70(72(58-35-22-14-23-36-58)71(69)57-33-20-13-21-34-57)60-45-49-65(50-46-60)74(56(6)30-12-9-3)61-37-24-15-25-38-61/h7-24,26-37,39-53H,1-2,25,38H2,3-6H3/b12-9-,18-10-,19-11-,54-31+,55-32+,56-30+. The van der Waals surface area contributed by atoms with Crippen molar-refractivity contribution in [1.29, 1.82) is 0 Å². The number of fused-ring (bicyclic) bond motifs is 1. The molecule has 75 heavy (non-hydrogen) atoms. The van der Waals surface area contributed by atoms with Crippen LogP contribution in [0.4, 0.5) is 28.4 Å². The maximum absolute atomic E-state index is 3.89. The van der Waals surface area contributed by atoms with Crippen LogP contribution in [-0.2, 0) is 0 Å². The van der Waals surface area contributed by atoms with Crippen molar-refractivity contribution in [2.45, 2.75) is 40.5 Å². The first kappa shape index (κ1) is 50.7. The molecule has 0 aliphatic heterocycles. The quantitative estimate of drug-likeness (QED) is 0.0794. The summed E-state index contributed by atoms with van der Waals surface area (Å²) < 4.78 is 0. The first-order chi connectivity index (χ1) is 36.9. The molecule has 3 nitrogen and oxygen atoms in total. The van der Waals surface area contributed by atoms with Gasteiger partial charge in [0.15, 0.2) is 0 Å². The lowest BCUT2D eigenvalue weighted by atomic mass is 9.78. The summed E-state index contributed by atoms with van der Waals surface area (Å²) in [6.07, 6.45) is 30.9. The molecule has 368 valence electrons. The van der Waals surface area contributed by atoms with E-state index in [1.54, 1.807) is 12.2 Å². The number of hydrogen-bond acceptors (Lipinski definition) is 3. The molecule has 0 fully saturated rings. The summed E-state index contributed by atoms with van der Waals surface area (Å²) in [7, 11) is 0. The van der Waals surface area contributed by atoms with Gasteiger partial charge in [-0.2, -0.15) is 0 Å². The molecule has 3 heteroatoms. The summed E-state index contributed by atoms with van der Waals surface area (Å²) in [6, 6.07) is 68.8.